The molecule has 0 unspecified atom stereocenters. The molecule has 0 saturated carbocycles. The third-order valence-corrected chi connectivity index (χ3v) is 2.03. The number of ether oxygens (including phenoxy) is 1. The summed E-state index contributed by atoms with van der Waals surface area (Å²) >= 11 is 5.70. The maximum Gasteiger partial charge on any atom is 0.336 e. The van der Waals surface area contributed by atoms with E-state index in [1.807, 2.05) is 0 Å². The molecule has 5 heteroatoms. The lowest BCUT2D eigenvalue weighted by Gasteiger charge is -1.99. The zero-order valence-electron chi connectivity index (χ0n) is 8.67. The average molecular weight is 250 g/mol. The van der Waals surface area contributed by atoms with Crippen LogP contribution in [0.4, 0.5) is 0 Å². The number of hydrogen-bond acceptors (Lipinski definition) is 4. The molecule has 86 valence electrons. The van der Waals surface area contributed by atoms with E-state index < -0.39 is 5.97 Å². The second-order valence-electron chi connectivity index (χ2n) is 3.11. The number of halogens is 1. The van der Waals surface area contributed by atoms with E-state index in [4.69, 9.17) is 20.8 Å². The third kappa shape index (κ3) is 3.46. The Kier molecular flexibility index (Phi) is 3.57. The van der Waals surface area contributed by atoms with Gasteiger partial charge in [-0.3, -0.25) is 4.98 Å². The maximum absolute atomic E-state index is 11.4. The van der Waals surface area contributed by atoms with Crippen molar-refractivity contribution in [2.75, 3.05) is 0 Å². The van der Waals surface area contributed by atoms with Gasteiger partial charge in [-0.05, 0) is 18.2 Å². The Morgan fingerprint density at radius 2 is 2.35 bits per heavy atom. The Balaban J connectivity index is 1.98. The Labute approximate surface area is 102 Å². The molecule has 0 atom stereocenters. The van der Waals surface area contributed by atoms with Gasteiger partial charge in [-0.2, -0.15) is 0 Å². The minimum absolute atomic E-state index is 0.298. The summed E-state index contributed by atoms with van der Waals surface area (Å²) in [5, 5.41) is 0.408. The number of carbonyl (C=O) groups is 1. The van der Waals surface area contributed by atoms with E-state index >= 15 is 0 Å². The first-order valence-corrected chi connectivity index (χ1v) is 5.16. The van der Waals surface area contributed by atoms with Crippen LogP contribution in [-0.2, 0) is 4.79 Å². The number of carbonyl (C=O) groups excluding carboxylic acids is 1. The Morgan fingerprint density at radius 1 is 1.47 bits per heavy atom. The van der Waals surface area contributed by atoms with Crippen LogP contribution in [0.5, 0.6) is 5.75 Å². The van der Waals surface area contributed by atoms with Crippen molar-refractivity contribution in [1.29, 1.82) is 0 Å². The van der Waals surface area contributed by atoms with Gasteiger partial charge in [0.25, 0.3) is 0 Å². The standard InChI is InChI=1S/C12H8ClNO3/c13-9-6-11(8-14-7-9)17-12(15)4-3-10-2-1-5-16-10/h1-8H/b4-3+. The van der Waals surface area contributed by atoms with Crippen LogP contribution in [0.2, 0.25) is 5.02 Å². The lowest BCUT2D eigenvalue weighted by atomic mass is 10.4. The molecule has 2 heterocycles. The summed E-state index contributed by atoms with van der Waals surface area (Å²) < 4.78 is 10.0. The van der Waals surface area contributed by atoms with Crippen molar-refractivity contribution in [1.82, 2.24) is 4.98 Å². The van der Waals surface area contributed by atoms with E-state index in [-0.39, 0.29) is 0 Å². The van der Waals surface area contributed by atoms with Gasteiger partial charge < -0.3 is 9.15 Å². The summed E-state index contributed by atoms with van der Waals surface area (Å²) in [4.78, 5) is 15.2. The Morgan fingerprint density at radius 3 is 3.06 bits per heavy atom. The Bertz CT molecular complexity index is 534. The van der Waals surface area contributed by atoms with E-state index in [0.717, 1.165) is 0 Å². The topological polar surface area (TPSA) is 52.3 Å². The lowest BCUT2D eigenvalue weighted by Crippen LogP contribution is -2.03. The second-order valence-corrected chi connectivity index (χ2v) is 3.55. The first-order chi connectivity index (χ1) is 8.24. The molecule has 2 aromatic rings. The third-order valence-electron chi connectivity index (χ3n) is 1.83. The molecule has 4 nitrogen and oxygen atoms in total. The number of furan rings is 1. The molecule has 0 aliphatic carbocycles. The molecule has 0 aliphatic rings. The monoisotopic (exact) mass is 249 g/mol. The van der Waals surface area contributed by atoms with Crippen LogP contribution in [0.25, 0.3) is 6.08 Å². The predicted octanol–water partition coefficient (Wildman–Crippen LogP) is 2.95. The fourth-order valence-corrected chi connectivity index (χ4v) is 1.30. The number of rotatable bonds is 3. The zero-order chi connectivity index (χ0) is 12.1. The number of pyridine rings is 1. The molecule has 0 radical (unpaired) electrons. The van der Waals surface area contributed by atoms with Crippen molar-refractivity contribution < 1.29 is 13.9 Å². The van der Waals surface area contributed by atoms with E-state index in [1.54, 1.807) is 12.1 Å². The highest BCUT2D eigenvalue weighted by molar-refractivity contribution is 6.30. The van der Waals surface area contributed by atoms with E-state index in [2.05, 4.69) is 4.98 Å². The first-order valence-electron chi connectivity index (χ1n) is 4.78. The SMILES string of the molecule is O=C(/C=C/c1ccco1)Oc1cncc(Cl)c1. The molecule has 0 N–H and O–H groups in total. The fraction of sp³-hybridized carbons (Fsp3) is 0. The van der Waals surface area contributed by atoms with Gasteiger partial charge in [-0.1, -0.05) is 11.6 Å². The molecule has 0 aliphatic heterocycles. The number of nitrogens with zero attached hydrogens (tertiary/aromatic N) is 1. The van der Waals surface area contributed by atoms with Gasteiger partial charge in [0.2, 0.25) is 0 Å². The van der Waals surface area contributed by atoms with Crippen molar-refractivity contribution in [2.24, 2.45) is 0 Å². The van der Waals surface area contributed by atoms with Gasteiger partial charge in [0.1, 0.15) is 5.76 Å². The lowest BCUT2D eigenvalue weighted by molar-refractivity contribution is -0.128. The molecule has 0 bridgehead atoms. The summed E-state index contributed by atoms with van der Waals surface area (Å²) in [7, 11) is 0. The molecule has 0 spiro atoms. The molecular weight excluding hydrogens is 242 g/mol. The minimum Gasteiger partial charge on any atom is -0.465 e. The van der Waals surface area contributed by atoms with Crippen molar-refractivity contribution in [3.8, 4) is 5.75 Å². The summed E-state index contributed by atoms with van der Waals surface area (Å²) in [5.74, 6) is 0.350. The minimum atomic E-state index is -0.523. The summed E-state index contributed by atoms with van der Waals surface area (Å²) in [6.07, 6.45) is 7.16. The van der Waals surface area contributed by atoms with Crippen LogP contribution in [0.15, 0.2) is 47.3 Å². The summed E-state index contributed by atoms with van der Waals surface area (Å²) in [5.41, 5.74) is 0. The van der Waals surface area contributed by atoms with Crippen LogP contribution in [0, 0.1) is 0 Å². The van der Waals surface area contributed by atoms with Crippen LogP contribution < -0.4 is 4.74 Å². The molecule has 0 amide bonds. The van der Waals surface area contributed by atoms with Crippen molar-refractivity contribution in [3.63, 3.8) is 0 Å². The van der Waals surface area contributed by atoms with Gasteiger partial charge in [0.15, 0.2) is 5.75 Å². The van der Waals surface area contributed by atoms with Gasteiger partial charge in [0.05, 0.1) is 17.5 Å². The summed E-state index contributed by atoms with van der Waals surface area (Å²) in [6.45, 7) is 0. The second kappa shape index (κ2) is 5.32. The molecule has 17 heavy (non-hydrogen) atoms. The van der Waals surface area contributed by atoms with E-state index in [1.165, 1.54) is 36.9 Å². The summed E-state index contributed by atoms with van der Waals surface area (Å²) in [6, 6.07) is 4.96. The van der Waals surface area contributed by atoms with Crippen LogP contribution in [0.1, 0.15) is 5.76 Å². The number of aromatic nitrogens is 1. The van der Waals surface area contributed by atoms with E-state index in [9.17, 15) is 4.79 Å². The zero-order valence-corrected chi connectivity index (χ0v) is 9.42. The highest BCUT2D eigenvalue weighted by Crippen LogP contribution is 2.15. The van der Waals surface area contributed by atoms with Crippen LogP contribution in [0.3, 0.4) is 0 Å². The number of hydrogen-bond donors (Lipinski definition) is 0. The largest absolute Gasteiger partial charge is 0.465 e. The molecular formula is C12H8ClNO3. The fourth-order valence-electron chi connectivity index (χ4n) is 1.13. The van der Waals surface area contributed by atoms with Crippen molar-refractivity contribution in [2.45, 2.75) is 0 Å². The first kappa shape index (κ1) is 11.4. The average Bonchev–Trinajstić information content (AvgIpc) is 2.79. The predicted molar refractivity (Wildman–Crippen MR) is 62.6 cm³/mol. The van der Waals surface area contributed by atoms with Crippen molar-refractivity contribution >= 4 is 23.6 Å². The molecule has 2 aromatic heterocycles. The van der Waals surface area contributed by atoms with Gasteiger partial charge in [-0.15, -0.1) is 0 Å². The normalized spacial score (nSPS) is 10.6. The van der Waals surface area contributed by atoms with Crippen molar-refractivity contribution in [3.05, 3.63) is 53.7 Å². The quantitative estimate of drug-likeness (QED) is 0.620. The maximum atomic E-state index is 11.4. The van der Waals surface area contributed by atoms with Crippen LogP contribution >= 0.6 is 11.6 Å². The van der Waals surface area contributed by atoms with Gasteiger partial charge in [-0.25, -0.2) is 4.79 Å². The molecule has 2 rings (SSSR count). The molecule has 0 fully saturated rings. The number of esters is 1. The van der Waals surface area contributed by atoms with E-state index in [0.29, 0.717) is 16.5 Å². The van der Waals surface area contributed by atoms with Crippen LogP contribution in [-0.4, -0.2) is 11.0 Å². The molecule has 0 aromatic carbocycles. The van der Waals surface area contributed by atoms with Gasteiger partial charge >= 0.3 is 5.97 Å². The highest BCUT2D eigenvalue weighted by atomic mass is 35.5. The highest BCUT2D eigenvalue weighted by Gasteiger charge is 2.01. The smallest absolute Gasteiger partial charge is 0.336 e. The Hall–Kier alpha value is -2.07. The molecule has 0 saturated heterocycles. The van der Waals surface area contributed by atoms with Gasteiger partial charge in [0, 0.05) is 18.3 Å².